The van der Waals surface area contributed by atoms with Gasteiger partial charge in [0.05, 0.1) is 5.69 Å². The first-order valence-corrected chi connectivity index (χ1v) is 7.20. The van der Waals surface area contributed by atoms with Gasteiger partial charge >= 0.3 is 0 Å². The first-order valence-electron chi connectivity index (χ1n) is 7.20. The molecule has 1 aliphatic rings. The Morgan fingerprint density at radius 2 is 2.33 bits per heavy atom. The first kappa shape index (κ1) is 13.8. The third kappa shape index (κ3) is 3.11. The fraction of sp³-hybridized carbons (Fsp3) is 0.400. The molecule has 6 heteroatoms. The van der Waals surface area contributed by atoms with Gasteiger partial charge in [-0.1, -0.05) is 12.1 Å². The van der Waals surface area contributed by atoms with Crippen LogP contribution in [0.2, 0.25) is 0 Å². The third-order valence-electron chi connectivity index (χ3n) is 3.75. The van der Waals surface area contributed by atoms with Crippen LogP contribution in [0.1, 0.15) is 19.3 Å². The van der Waals surface area contributed by atoms with Crippen LogP contribution in [-0.4, -0.2) is 33.3 Å². The topological polar surface area (TPSA) is 71.8 Å². The molecule has 0 spiro atoms. The van der Waals surface area contributed by atoms with Gasteiger partial charge in [-0.2, -0.15) is 0 Å². The molecule has 1 saturated heterocycles. The molecule has 110 valence electrons. The third-order valence-corrected chi connectivity index (χ3v) is 3.75. The molecule has 1 unspecified atom stereocenters. The van der Waals surface area contributed by atoms with Gasteiger partial charge < -0.3 is 15.2 Å². The zero-order valence-corrected chi connectivity index (χ0v) is 12.0. The van der Waals surface area contributed by atoms with Gasteiger partial charge in [-0.25, -0.2) is 0 Å². The van der Waals surface area contributed by atoms with Crippen molar-refractivity contribution < 1.29 is 4.79 Å². The maximum absolute atomic E-state index is 12.2. The quantitative estimate of drug-likeness (QED) is 0.894. The van der Waals surface area contributed by atoms with Crippen LogP contribution in [0.5, 0.6) is 0 Å². The van der Waals surface area contributed by atoms with E-state index in [2.05, 4.69) is 20.8 Å². The largest absolute Gasteiger partial charge is 0.325 e. The number of rotatable bonds is 4. The fourth-order valence-corrected chi connectivity index (χ4v) is 2.67. The second-order valence-corrected chi connectivity index (χ2v) is 5.36. The van der Waals surface area contributed by atoms with E-state index in [1.54, 1.807) is 6.33 Å². The maximum Gasteiger partial charge on any atom is 0.225 e. The SMILES string of the molecule is Cn1cnnc1-c1ccccc1NC(=O)CC1CCCN1. The summed E-state index contributed by atoms with van der Waals surface area (Å²) >= 11 is 0. The Balaban J connectivity index is 1.76. The zero-order valence-electron chi connectivity index (χ0n) is 12.0. The number of hydrogen-bond donors (Lipinski definition) is 2. The highest BCUT2D eigenvalue weighted by Crippen LogP contribution is 2.25. The Labute approximate surface area is 123 Å². The number of anilines is 1. The van der Waals surface area contributed by atoms with Crippen LogP contribution in [0.4, 0.5) is 5.69 Å². The van der Waals surface area contributed by atoms with Gasteiger partial charge in [0.1, 0.15) is 6.33 Å². The van der Waals surface area contributed by atoms with Gasteiger partial charge in [0.25, 0.3) is 0 Å². The summed E-state index contributed by atoms with van der Waals surface area (Å²) in [7, 11) is 1.89. The van der Waals surface area contributed by atoms with Crippen LogP contribution in [0.3, 0.4) is 0 Å². The molecular weight excluding hydrogens is 266 g/mol. The molecule has 1 aromatic carbocycles. The van der Waals surface area contributed by atoms with E-state index in [1.807, 2.05) is 35.9 Å². The van der Waals surface area contributed by atoms with Gasteiger partial charge in [-0.05, 0) is 31.5 Å². The second-order valence-electron chi connectivity index (χ2n) is 5.36. The Hall–Kier alpha value is -2.21. The predicted molar refractivity (Wildman–Crippen MR) is 80.7 cm³/mol. The summed E-state index contributed by atoms with van der Waals surface area (Å²) in [5, 5.41) is 14.3. The summed E-state index contributed by atoms with van der Waals surface area (Å²) in [4.78, 5) is 12.2. The molecule has 1 aliphatic heterocycles. The molecule has 0 aliphatic carbocycles. The number of para-hydroxylation sites is 1. The smallest absolute Gasteiger partial charge is 0.225 e. The lowest BCUT2D eigenvalue weighted by Crippen LogP contribution is -2.27. The average molecular weight is 285 g/mol. The lowest BCUT2D eigenvalue weighted by molar-refractivity contribution is -0.116. The Morgan fingerprint density at radius 3 is 3.05 bits per heavy atom. The van der Waals surface area contributed by atoms with E-state index in [-0.39, 0.29) is 5.91 Å². The van der Waals surface area contributed by atoms with Crippen LogP contribution in [0, 0.1) is 0 Å². The minimum atomic E-state index is 0.0315. The molecule has 1 amide bonds. The second kappa shape index (κ2) is 6.05. The molecule has 0 saturated carbocycles. The van der Waals surface area contributed by atoms with E-state index in [0.29, 0.717) is 12.5 Å². The monoisotopic (exact) mass is 285 g/mol. The van der Waals surface area contributed by atoms with Gasteiger partial charge in [0.2, 0.25) is 5.91 Å². The molecule has 0 bridgehead atoms. The molecule has 6 nitrogen and oxygen atoms in total. The van der Waals surface area contributed by atoms with Crippen molar-refractivity contribution in [1.29, 1.82) is 0 Å². The highest BCUT2D eigenvalue weighted by Gasteiger charge is 2.19. The number of carbonyl (C=O) groups excluding carboxylic acids is 1. The first-order chi connectivity index (χ1) is 10.2. The minimum absolute atomic E-state index is 0.0315. The molecule has 0 radical (unpaired) electrons. The van der Waals surface area contributed by atoms with Crippen molar-refractivity contribution in [2.45, 2.75) is 25.3 Å². The van der Waals surface area contributed by atoms with Crippen molar-refractivity contribution in [1.82, 2.24) is 20.1 Å². The lowest BCUT2D eigenvalue weighted by atomic mass is 10.1. The highest BCUT2D eigenvalue weighted by atomic mass is 16.1. The number of carbonyl (C=O) groups is 1. The predicted octanol–water partition coefficient (Wildman–Crippen LogP) is 1.56. The van der Waals surface area contributed by atoms with Crippen molar-refractivity contribution in [3.05, 3.63) is 30.6 Å². The van der Waals surface area contributed by atoms with Crippen molar-refractivity contribution in [2.75, 3.05) is 11.9 Å². The van der Waals surface area contributed by atoms with Crippen molar-refractivity contribution in [3.63, 3.8) is 0 Å². The summed E-state index contributed by atoms with van der Waals surface area (Å²) < 4.78 is 1.84. The molecule has 3 rings (SSSR count). The zero-order chi connectivity index (χ0) is 14.7. The van der Waals surface area contributed by atoms with E-state index in [1.165, 1.54) is 0 Å². The number of aromatic nitrogens is 3. The minimum Gasteiger partial charge on any atom is -0.325 e. The van der Waals surface area contributed by atoms with Crippen LogP contribution >= 0.6 is 0 Å². The average Bonchev–Trinajstić information content (AvgIpc) is 3.11. The standard InChI is InChI=1S/C15H19N5O/c1-20-10-17-19-15(20)12-6-2-3-7-13(12)18-14(21)9-11-5-4-8-16-11/h2-3,6-7,10-11,16H,4-5,8-9H2,1H3,(H,18,21). The maximum atomic E-state index is 12.2. The van der Waals surface area contributed by atoms with Crippen molar-refractivity contribution in [2.24, 2.45) is 7.05 Å². The van der Waals surface area contributed by atoms with E-state index in [0.717, 1.165) is 36.5 Å². The Morgan fingerprint density at radius 1 is 1.48 bits per heavy atom. The number of benzene rings is 1. The lowest BCUT2D eigenvalue weighted by Gasteiger charge is -2.13. The van der Waals surface area contributed by atoms with Crippen LogP contribution < -0.4 is 10.6 Å². The molecule has 1 fully saturated rings. The summed E-state index contributed by atoms with van der Waals surface area (Å²) in [6, 6.07) is 7.96. The summed E-state index contributed by atoms with van der Waals surface area (Å²) in [6.45, 7) is 1.01. The molecule has 2 heterocycles. The fourth-order valence-electron chi connectivity index (χ4n) is 2.67. The van der Waals surface area contributed by atoms with E-state index in [9.17, 15) is 4.79 Å². The van der Waals surface area contributed by atoms with Gasteiger partial charge in [-0.3, -0.25) is 4.79 Å². The van der Waals surface area contributed by atoms with Gasteiger partial charge in [0.15, 0.2) is 5.82 Å². The Bertz CT molecular complexity index is 630. The Kier molecular flexibility index (Phi) is 3.96. The molecule has 1 aromatic heterocycles. The highest BCUT2D eigenvalue weighted by molar-refractivity contribution is 5.95. The number of nitrogens with one attached hydrogen (secondary N) is 2. The molecule has 1 atom stereocenters. The van der Waals surface area contributed by atoms with Crippen molar-refractivity contribution >= 4 is 11.6 Å². The summed E-state index contributed by atoms with van der Waals surface area (Å²) in [6.07, 6.45) is 4.37. The number of nitrogens with zero attached hydrogens (tertiary/aromatic N) is 3. The normalized spacial score (nSPS) is 17.9. The van der Waals surface area contributed by atoms with E-state index >= 15 is 0 Å². The number of amides is 1. The molecule has 21 heavy (non-hydrogen) atoms. The summed E-state index contributed by atoms with van der Waals surface area (Å²) in [5.41, 5.74) is 1.65. The van der Waals surface area contributed by atoms with E-state index in [4.69, 9.17) is 0 Å². The van der Waals surface area contributed by atoms with Gasteiger partial charge in [0, 0.05) is 25.1 Å². The number of aryl methyl sites for hydroxylation is 1. The number of hydrogen-bond acceptors (Lipinski definition) is 4. The molecule has 2 aromatic rings. The van der Waals surface area contributed by atoms with Crippen LogP contribution in [0.15, 0.2) is 30.6 Å². The summed E-state index contributed by atoms with van der Waals surface area (Å²) in [5.74, 6) is 0.772. The van der Waals surface area contributed by atoms with Crippen molar-refractivity contribution in [3.8, 4) is 11.4 Å². The van der Waals surface area contributed by atoms with Crippen LogP contribution in [-0.2, 0) is 11.8 Å². The molecule has 2 N–H and O–H groups in total. The van der Waals surface area contributed by atoms with Gasteiger partial charge in [-0.15, -0.1) is 10.2 Å². The van der Waals surface area contributed by atoms with E-state index < -0.39 is 0 Å². The van der Waals surface area contributed by atoms with Crippen LogP contribution in [0.25, 0.3) is 11.4 Å². The molecular formula is C15H19N5O.